The highest BCUT2D eigenvalue weighted by molar-refractivity contribution is 5.40. The van der Waals surface area contributed by atoms with Gasteiger partial charge in [0.15, 0.2) is 5.79 Å². The Morgan fingerprint density at radius 3 is 2.84 bits per heavy atom. The van der Waals surface area contributed by atoms with Crippen molar-refractivity contribution < 1.29 is 13.9 Å². The molecule has 0 unspecified atom stereocenters. The summed E-state index contributed by atoms with van der Waals surface area (Å²) in [6.45, 7) is 3.53. The molecule has 0 amide bonds. The fraction of sp³-hybridized carbons (Fsp3) is 0.571. The van der Waals surface area contributed by atoms with Crippen LogP contribution in [-0.2, 0) is 16.0 Å². The maximum Gasteiger partial charge on any atom is 0.181 e. The van der Waals surface area contributed by atoms with Gasteiger partial charge in [0.25, 0.3) is 0 Å². The van der Waals surface area contributed by atoms with Crippen LogP contribution >= 0.6 is 0 Å². The van der Waals surface area contributed by atoms with Crippen molar-refractivity contribution in [2.24, 2.45) is 0 Å². The lowest BCUT2D eigenvalue weighted by Crippen LogP contribution is -2.48. The number of benzene rings is 1. The van der Waals surface area contributed by atoms with Gasteiger partial charge in [0, 0.05) is 24.2 Å². The molecule has 1 aromatic carbocycles. The molecule has 0 saturated carbocycles. The monoisotopic (exact) mass is 266 g/mol. The lowest BCUT2D eigenvalue weighted by Gasteiger charge is -2.38. The fourth-order valence-electron chi connectivity index (χ4n) is 2.87. The van der Waals surface area contributed by atoms with Gasteiger partial charge in [-0.25, -0.2) is 4.39 Å². The van der Waals surface area contributed by atoms with Crippen LogP contribution in [-0.4, -0.2) is 37.0 Å². The van der Waals surface area contributed by atoms with Crippen molar-refractivity contribution in [2.45, 2.75) is 25.2 Å². The Bertz CT molecular complexity index is 461. The summed E-state index contributed by atoms with van der Waals surface area (Å²) in [5, 5.41) is 0. The number of likely N-dealkylation sites (tertiary alicyclic amines) is 1. The van der Waals surface area contributed by atoms with Crippen molar-refractivity contribution in [3.8, 4) is 0 Å². The maximum atomic E-state index is 13.8. The van der Waals surface area contributed by atoms with E-state index in [1.165, 1.54) is 6.07 Å². The summed E-state index contributed by atoms with van der Waals surface area (Å²) in [5.74, 6) is -0.699. The average molecular weight is 266 g/mol. The van der Waals surface area contributed by atoms with E-state index >= 15 is 0 Å². The largest absolute Gasteiger partial charge is 0.399 e. The molecule has 104 valence electrons. The van der Waals surface area contributed by atoms with Gasteiger partial charge >= 0.3 is 0 Å². The molecule has 0 aromatic heterocycles. The Morgan fingerprint density at radius 1 is 1.32 bits per heavy atom. The van der Waals surface area contributed by atoms with Crippen LogP contribution < -0.4 is 5.73 Å². The second-order valence-electron chi connectivity index (χ2n) is 5.27. The Morgan fingerprint density at radius 2 is 2.11 bits per heavy atom. The van der Waals surface area contributed by atoms with Gasteiger partial charge in [0.1, 0.15) is 5.82 Å². The van der Waals surface area contributed by atoms with E-state index < -0.39 is 5.79 Å². The summed E-state index contributed by atoms with van der Waals surface area (Å²) < 4.78 is 25.2. The SMILES string of the molecule is Nc1ccc(CN2CCCC3(C2)OCCO3)c(F)c1. The highest BCUT2D eigenvalue weighted by Gasteiger charge is 2.40. The third kappa shape index (κ3) is 2.73. The van der Waals surface area contributed by atoms with Gasteiger partial charge in [-0.3, -0.25) is 4.90 Å². The zero-order chi connectivity index (χ0) is 13.3. The van der Waals surface area contributed by atoms with Crippen LogP contribution in [0.15, 0.2) is 18.2 Å². The Labute approximate surface area is 112 Å². The van der Waals surface area contributed by atoms with Gasteiger partial charge in [-0.05, 0) is 25.1 Å². The molecule has 3 rings (SSSR count). The molecule has 1 spiro atoms. The number of halogens is 1. The quantitative estimate of drug-likeness (QED) is 0.828. The zero-order valence-electron chi connectivity index (χ0n) is 10.9. The predicted molar refractivity (Wildman–Crippen MR) is 70.0 cm³/mol. The van der Waals surface area contributed by atoms with Crippen molar-refractivity contribution in [2.75, 3.05) is 32.0 Å². The number of piperidine rings is 1. The summed E-state index contributed by atoms with van der Waals surface area (Å²) in [6.07, 6.45) is 1.93. The van der Waals surface area contributed by atoms with E-state index in [9.17, 15) is 4.39 Å². The van der Waals surface area contributed by atoms with E-state index in [2.05, 4.69) is 4.90 Å². The van der Waals surface area contributed by atoms with Crippen LogP contribution in [0.3, 0.4) is 0 Å². The molecule has 5 heteroatoms. The summed E-state index contributed by atoms with van der Waals surface area (Å²) >= 11 is 0. The van der Waals surface area contributed by atoms with Crippen molar-refractivity contribution in [3.63, 3.8) is 0 Å². The normalized spacial score (nSPS) is 23.0. The van der Waals surface area contributed by atoms with Gasteiger partial charge in [0.05, 0.1) is 19.8 Å². The van der Waals surface area contributed by atoms with Crippen molar-refractivity contribution in [3.05, 3.63) is 29.6 Å². The molecule has 19 heavy (non-hydrogen) atoms. The first kappa shape index (κ1) is 12.8. The number of anilines is 1. The van der Waals surface area contributed by atoms with Gasteiger partial charge in [-0.1, -0.05) is 6.07 Å². The number of ether oxygens (including phenoxy) is 2. The summed E-state index contributed by atoms with van der Waals surface area (Å²) in [5.41, 5.74) is 6.69. The van der Waals surface area contributed by atoms with Crippen LogP contribution in [0.5, 0.6) is 0 Å². The van der Waals surface area contributed by atoms with Crippen LogP contribution in [0.4, 0.5) is 10.1 Å². The highest BCUT2D eigenvalue weighted by atomic mass is 19.1. The standard InChI is InChI=1S/C14H19FN2O2/c15-13-8-12(16)3-2-11(13)9-17-5-1-4-14(10-17)18-6-7-19-14/h2-3,8H,1,4-7,9-10,16H2. The Kier molecular flexibility index (Phi) is 3.43. The molecule has 2 heterocycles. The minimum Gasteiger partial charge on any atom is -0.399 e. The third-order valence-electron chi connectivity index (χ3n) is 3.78. The lowest BCUT2D eigenvalue weighted by molar-refractivity contribution is -0.190. The molecule has 4 nitrogen and oxygen atoms in total. The van der Waals surface area contributed by atoms with Crippen LogP contribution in [0.1, 0.15) is 18.4 Å². The first-order chi connectivity index (χ1) is 9.17. The Balaban J connectivity index is 1.69. The molecule has 2 fully saturated rings. The van der Waals surface area contributed by atoms with Crippen LogP contribution in [0, 0.1) is 5.82 Å². The summed E-state index contributed by atoms with van der Waals surface area (Å²) in [7, 11) is 0. The molecule has 0 atom stereocenters. The molecule has 0 aliphatic carbocycles. The van der Waals surface area contributed by atoms with Crippen molar-refractivity contribution in [1.82, 2.24) is 4.90 Å². The number of hydrogen-bond donors (Lipinski definition) is 1. The molecule has 2 aliphatic heterocycles. The minimum atomic E-state index is -0.456. The second-order valence-corrected chi connectivity index (χ2v) is 5.27. The van der Waals surface area contributed by atoms with Gasteiger partial charge in [0.2, 0.25) is 0 Å². The van der Waals surface area contributed by atoms with E-state index in [0.717, 1.165) is 19.4 Å². The first-order valence-electron chi connectivity index (χ1n) is 6.71. The molecule has 0 radical (unpaired) electrons. The fourth-order valence-corrected chi connectivity index (χ4v) is 2.87. The predicted octanol–water partition coefficient (Wildman–Crippen LogP) is 1.75. The molecule has 2 saturated heterocycles. The molecule has 1 aromatic rings. The molecule has 2 N–H and O–H groups in total. The number of hydrogen-bond acceptors (Lipinski definition) is 4. The van der Waals surface area contributed by atoms with Gasteiger partial charge in [-0.2, -0.15) is 0 Å². The van der Waals surface area contributed by atoms with Crippen molar-refractivity contribution >= 4 is 5.69 Å². The lowest BCUT2D eigenvalue weighted by atomic mass is 10.0. The van der Waals surface area contributed by atoms with E-state index in [0.29, 0.717) is 37.6 Å². The molecular formula is C14H19FN2O2. The molecule has 2 aliphatic rings. The highest BCUT2D eigenvalue weighted by Crippen LogP contribution is 2.31. The number of nitrogens with zero attached hydrogens (tertiary/aromatic N) is 1. The van der Waals surface area contributed by atoms with E-state index in [1.807, 2.05) is 0 Å². The Hall–Kier alpha value is -1.17. The average Bonchev–Trinajstić information content (AvgIpc) is 2.81. The van der Waals surface area contributed by atoms with Crippen LogP contribution in [0.25, 0.3) is 0 Å². The molecule has 0 bridgehead atoms. The van der Waals surface area contributed by atoms with Crippen molar-refractivity contribution in [1.29, 1.82) is 0 Å². The van der Waals surface area contributed by atoms with Gasteiger partial charge < -0.3 is 15.2 Å². The van der Waals surface area contributed by atoms with E-state index in [1.54, 1.807) is 12.1 Å². The van der Waals surface area contributed by atoms with Crippen LogP contribution in [0.2, 0.25) is 0 Å². The maximum absolute atomic E-state index is 13.8. The first-order valence-corrected chi connectivity index (χ1v) is 6.71. The number of rotatable bonds is 2. The zero-order valence-corrected chi connectivity index (χ0v) is 10.9. The minimum absolute atomic E-state index is 0.243. The second kappa shape index (κ2) is 5.07. The van der Waals surface area contributed by atoms with E-state index in [4.69, 9.17) is 15.2 Å². The number of nitrogen functional groups attached to an aromatic ring is 1. The topological polar surface area (TPSA) is 47.7 Å². The molecular weight excluding hydrogens is 247 g/mol. The summed E-state index contributed by atoms with van der Waals surface area (Å²) in [4.78, 5) is 2.18. The third-order valence-corrected chi connectivity index (χ3v) is 3.78. The number of nitrogens with two attached hydrogens (primary N) is 1. The smallest absolute Gasteiger partial charge is 0.181 e. The van der Waals surface area contributed by atoms with Gasteiger partial charge in [-0.15, -0.1) is 0 Å². The van der Waals surface area contributed by atoms with E-state index in [-0.39, 0.29) is 5.82 Å². The summed E-state index contributed by atoms with van der Waals surface area (Å²) in [6, 6.07) is 4.86.